The van der Waals surface area contributed by atoms with Gasteiger partial charge in [-0.2, -0.15) is 0 Å². The van der Waals surface area contributed by atoms with Crippen LogP contribution in [-0.2, 0) is 16.1 Å². The Kier molecular flexibility index (Phi) is 7.33. The molecule has 0 bridgehead atoms. The van der Waals surface area contributed by atoms with Crippen LogP contribution in [0.1, 0.15) is 32.8 Å². The quantitative estimate of drug-likeness (QED) is 0.826. The SMILES string of the molecule is CC(C)(C)CC(=O)NCC(=O)N1CCN(Cc2cccc(Cl)c2Cl)CC1. The zero-order valence-corrected chi connectivity index (χ0v) is 17.2. The molecule has 0 saturated carbocycles. The summed E-state index contributed by atoms with van der Waals surface area (Å²) in [4.78, 5) is 28.2. The van der Waals surface area contributed by atoms with Crippen LogP contribution < -0.4 is 5.32 Å². The maximum atomic E-state index is 12.3. The van der Waals surface area contributed by atoms with E-state index in [-0.39, 0.29) is 23.8 Å². The first kappa shape index (κ1) is 21.0. The van der Waals surface area contributed by atoms with Gasteiger partial charge in [0, 0.05) is 39.1 Å². The van der Waals surface area contributed by atoms with Gasteiger partial charge in [-0.05, 0) is 17.0 Å². The standard InChI is InChI=1S/C19H27Cl2N3O2/c1-19(2,3)11-16(25)22-12-17(26)24-9-7-23(8-10-24)13-14-5-4-6-15(20)18(14)21/h4-6H,7-13H2,1-3H3,(H,22,25). The molecule has 5 nitrogen and oxygen atoms in total. The minimum absolute atomic E-state index is 0.0345. The normalized spacial score (nSPS) is 15.8. The fourth-order valence-electron chi connectivity index (χ4n) is 2.90. The first-order chi connectivity index (χ1) is 12.2. The van der Waals surface area contributed by atoms with E-state index in [1.54, 1.807) is 11.0 Å². The van der Waals surface area contributed by atoms with Gasteiger partial charge in [-0.1, -0.05) is 56.1 Å². The number of halogens is 2. The monoisotopic (exact) mass is 399 g/mol. The average Bonchev–Trinajstić information content (AvgIpc) is 2.56. The van der Waals surface area contributed by atoms with Crippen LogP contribution in [0.15, 0.2) is 18.2 Å². The third-order valence-electron chi connectivity index (χ3n) is 4.28. The third-order valence-corrected chi connectivity index (χ3v) is 5.14. The predicted octanol–water partition coefficient (Wildman–Crippen LogP) is 3.19. The molecule has 7 heteroatoms. The van der Waals surface area contributed by atoms with E-state index >= 15 is 0 Å². The van der Waals surface area contributed by atoms with Crippen molar-refractivity contribution in [2.24, 2.45) is 5.41 Å². The second-order valence-corrected chi connectivity index (χ2v) is 8.67. The largest absolute Gasteiger partial charge is 0.347 e. The molecule has 26 heavy (non-hydrogen) atoms. The Morgan fingerprint density at radius 2 is 1.77 bits per heavy atom. The Balaban J connectivity index is 1.76. The van der Waals surface area contributed by atoms with Crippen LogP contribution in [0.5, 0.6) is 0 Å². The van der Waals surface area contributed by atoms with Crippen molar-refractivity contribution in [3.05, 3.63) is 33.8 Å². The van der Waals surface area contributed by atoms with Crippen LogP contribution in [0.2, 0.25) is 10.0 Å². The summed E-state index contributed by atoms with van der Waals surface area (Å²) in [5, 5.41) is 3.88. The summed E-state index contributed by atoms with van der Waals surface area (Å²) < 4.78 is 0. The molecular weight excluding hydrogens is 373 g/mol. The zero-order chi connectivity index (χ0) is 19.3. The number of hydrogen-bond acceptors (Lipinski definition) is 3. The number of nitrogens with one attached hydrogen (secondary N) is 1. The van der Waals surface area contributed by atoms with Gasteiger partial charge in [0.2, 0.25) is 11.8 Å². The summed E-state index contributed by atoms with van der Waals surface area (Å²) in [6.45, 7) is 9.60. The lowest BCUT2D eigenvalue weighted by molar-refractivity contribution is -0.134. The van der Waals surface area contributed by atoms with Crippen LogP contribution in [0.3, 0.4) is 0 Å². The first-order valence-corrected chi connectivity index (χ1v) is 9.61. The highest BCUT2D eigenvalue weighted by Gasteiger charge is 2.23. The van der Waals surface area contributed by atoms with E-state index in [4.69, 9.17) is 23.2 Å². The molecule has 1 aromatic rings. The van der Waals surface area contributed by atoms with Gasteiger partial charge in [0.25, 0.3) is 0 Å². The second-order valence-electron chi connectivity index (χ2n) is 7.88. The molecule has 0 radical (unpaired) electrons. The third kappa shape index (κ3) is 6.45. The number of carbonyl (C=O) groups is 2. The fourth-order valence-corrected chi connectivity index (χ4v) is 3.28. The summed E-state index contributed by atoms with van der Waals surface area (Å²) in [6, 6.07) is 5.64. The maximum Gasteiger partial charge on any atom is 0.242 e. The molecule has 0 spiro atoms. The summed E-state index contributed by atoms with van der Waals surface area (Å²) in [7, 11) is 0. The molecule has 1 aliphatic rings. The first-order valence-electron chi connectivity index (χ1n) is 8.85. The molecule has 144 valence electrons. The predicted molar refractivity (Wildman–Crippen MR) is 105 cm³/mol. The van der Waals surface area contributed by atoms with Crippen LogP contribution in [0.25, 0.3) is 0 Å². The molecular formula is C19H27Cl2N3O2. The Labute approximate surface area is 165 Å². The van der Waals surface area contributed by atoms with Gasteiger partial charge >= 0.3 is 0 Å². The van der Waals surface area contributed by atoms with E-state index in [1.807, 2.05) is 32.9 Å². The van der Waals surface area contributed by atoms with Crippen molar-refractivity contribution in [1.82, 2.24) is 15.1 Å². The molecule has 1 aromatic carbocycles. The highest BCUT2D eigenvalue weighted by Crippen LogP contribution is 2.26. The number of hydrogen-bond donors (Lipinski definition) is 1. The summed E-state index contributed by atoms with van der Waals surface area (Å²) in [6.07, 6.45) is 0.411. The number of nitrogens with zero attached hydrogens (tertiary/aromatic N) is 2. The van der Waals surface area contributed by atoms with Crippen LogP contribution in [0.4, 0.5) is 0 Å². The molecule has 1 fully saturated rings. The lowest BCUT2D eigenvalue weighted by Crippen LogP contribution is -2.51. The van der Waals surface area contributed by atoms with E-state index in [0.29, 0.717) is 36.1 Å². The summed E-state index contributed by atoms with van der Waals surface area (Å²) in [5.74, 6) is -0.118. The molecule has 1 aliphatic heterocycles. The summed E-state index contributed by atoms with van der Waals surface area (Å²) >= 11 is 12.3. The minimum Gasteiger partial charge on any atom is -0.347 e. The average molecular weight is 400 g/mol. The van der Waals surface area contributed by atoms with E-state index in [9.17, 15) is 9.59 Å². The second kappa shape index (κ2) is 9.07. The van der Waals surface area contributed by atoms with Gasteiger partial charge in [0.05, 0.1) is 16.6 Å². The van der Waals surface area contributed by atoms with Crippen LogP contribution in [-0.4, -0.2) is 54.3 Å². The Morgan fingerprint density at radius 1 is 1.12 bits per heavy atom. The van der Waals surface area contributed by atoms with Crippen molar-refractivity contribution in [3.8, 4) is 0 Å². The lowest BCUT2D eigenvalue weighted by Gasteiger charge is -2.35. The Bertz CT molecular complexity index is 651. The van der Waals surface area contributed by atoms with Gasteiger partial charge < -0.3 is 10.2 Å². The highest BCUT2D eigenvalue weighted by atomic mass is 35.5. The Morgan fingerprint density at radius 3 is 2.38 bits per heavy atom. The number of carbonyl (C=O) groups excluding carboxylic acids is 2. The topological polar surface area (TPSA) is 52.7 Å². The number of amides is 2. The van der Waals surface area contributed by atoms with Crippen molar-refractivity contribution in [1.29, 1.82) is 0 Å². The van der Waals surface area contributed by atoms with E-state index in [2.05, 4.69) is 10.2 Å². The van der Waals surface area contributed by atoms with Crippen molar-refractivity contribution < 1.29 is 9.59 Å². The maximum absolute atomic E-state index is 12.3. The van der Waals surface area contributed by atoms with E-state index < -0.39 is 0 Å². The van der Waals surface area contributed by atoms with Crippen molar-refractivity contribution >= 4 is 35.0 Å². The molecule has 2 rings (SSSR count). The van der Waals surface area contributed by atoms with Gasteiger partial charge in [0.15, 0.2) is 0 Å². The molecule has 1 heterocycles. The van der Waals surface area contributed by atoms with Crippen molar-refractivity contribution in [2.45, 2.75) is 33.7 Å². The molecule has 2 amide bonds. The van der Waals surface area contributed by atoms with E-state index in [1.165, 1.54) is 0 Å². The smallest absolute Gasteiger partial charge is 0.242 e. The molecule has 0 aliphatic carbocycles. The molecule has 1 N–H and O–H groups in total. The highest BCUT2D eigenvalue weighted by molar-refractivity contribution is 6.42. The zero-order valence-electron chi connectivity index (χ0n) is 15.6. The van der Waals surface area contributed by atoms with Gasteiger partial charge in [-0.15, -0.1) is 0 Å². The molecule has 0 aromatic heterocycles. The number of rotatable bonds is 5. The van der Waals surface area contributed by atoms with Gasteiger partial charge in [0.1, 0.15) is 0 Å². The van der Waals surface area contributed by atoms with Gasteiger partial charge in [-0.3, -0.25) is 14.5 Å². The molecule has 0 atom stereocenters. The van der Waals surface area contributed by atoms with Crippen molar-refractivity contribution in [3.63, 3.8) is 0 Å². The van der Waals surface area contributed by atoms with E-state index in [0.717, 1.165) is 18.7 Å². The van der Waals surface area contributed by atoms with Gasteiger partial charge in [-0.25, -0.2) is 0 Å². The fraction of sp³-hybridized carbons (Fsp3) is 0.579. The number of benzene rings is 1. The molecule has 0 unspecified atom stereocenters. The van der Waals surface area contributed by atoms with Crippen LogP contribution in [0, 0.1) is 5.41 Å². The lowest BCUT2D eigenvalue weighted by atomic mass is 9.92. The van der Waals surface area contributed by atoms with Crippen molar-refractivity contribution in [2.75, 3.05) is 32.7 Å². The summed E-state index contributed by atoms with van der Waals surface area (Å²) in [5.41, 5.74) is 0.911. The Hall–Kier alpha value is -1.30. The number of piperazine rings is 1. The molecule has 1 saturated heterocycles. The van der Waals surface area contributed by atoms with Crippen LogP contribution >= 0.6 is 23.2 Å². The minimum atomic E-state index is -0.0833.